The largest absolute Gasteiger partial charge is 0.401 e. The molecule has 0 spiro atoms. The number of nitrogens with two attached hydrogens (primary N) is 1. The average Bonchev–Trinajstić information content (AvgIpc) is 2.79. The molecule has 0 aliphatic rings. The maximum Gasteiger partial charge on any atom is 0.188 e. The normalized spacial score (nSPS) is 11.6. The van der Waals surface area contributed by atoms with Crippen molar-refractivity contribution in [2.75, 3.05) is 5.32 Å². The van der Waals surface area contributed by atoms with Gasteiger partial charge in [-0.1, -0.05) is 6.07 Å². The molecular formula is C12H11N5S. The molecule has 2 aromatic heterocycles. The molecule has 0 saturated heterocycles. The van der Waals surface area contributed by atoms with E-state index in [1.54, 1.807) is 18.5 Å². The van der Waals surface area contributed by atoms with Crippen LogP contribution in [0.5, 0.6) is 0 Å². The Bertz CT molecular complexity index is 605. The number of hydrogen-bond donors (Lipinski definition) is 2. The summed E-state index contributed by atoms with van der Waals surface area (Å²) in [5.74, 6) is 0.713. The fourth-order valence-electron chi connectivity index (χ4n) is 1.34. The molecule has 18 heavy (non-hydrogen) atoms. The summed E-state index contributed by atoms with van der Waals surface area (Å²) < 4.78 is 0. The molecule has 0 radical (unpaired) electrons. The van der Waals surface area contributed by atoms with E-state index in [1.165, 1.54) is 11.3 Å². The van der Waals surface area contributed by atoms with Crippen molar-refractivity contribution in [2.24, 2.45) is 5.73 Å². The van der Waals surface area contributed by atoms with Gasteiger partial charge in [0.2, 0.25) is 0 Å². The summed E-state index contributed by atoms with van der Waals surface area (Å²) >= 11 is 1.40. The molecule has 0 aromatic carbocycles. The van der Waals surface area contributed by atoms with Gasteiger partial charge in [0.05, 0.1) is 11.3 Å². The van der Waals surface area contributed by atoms with Gasteiger partial charge in [-0.2, -0.15) is 5.26 Å². The SMILES string of the molecule is CC(N)=C(C#N)c1csc(Nc2ccccn2)n1. The molecule has 0 atom stereocenters. The quantitative estimate of drug-likeness (QED) is 0.825. The van der Waals surface area contributed by atoms with E-state index in [9.17, 15) is 0 Å². The van der Waals surface area contributed by atoms with Gasteiger partial charge in [-0.3, -0.25) is 0 Å². The minimum absolute atomic E-state index is 0.403. The van der Waals surface area contributed by atoms with E-state index in [4.69, 9.17) is 11.0 Å². The van der Waals surface area contributed by atoms with Gasteiger partial charge < -0.3 is 11.1 Å². The predicted molar refractivity (Wildman–Crippen MR) is 72.0 cm³/mol. The van der Waals surface area contributed by atoms with Gasteiger partial charge in [-0.05, 0) is 19.1 Å². The topological polar surface area (TPSA) is 87.6 Å². The summed E-state index contributed by atoms with van der Waals surface area (Å²) in [6, 6.07) is 7.62. The lowest BCUT2D eigenvalue weighted by atomic mass is 10.2. The lowest BCUT2D eigenvalue weighted by Crippen LogP contribution is -1.97. The van der Waals surface area contributed by atoms with Crippen molar-refractivity contribution in [3.05, 3.63) is 41.2 Å². The van der Waals surface area contributed by atoms with Gasteiger partial charge >= 0.3 is 0 Å². The number of allylic oxidation sites excluding steroid dienone is 2. The Morgan fingerprint density at radius 2 is 2.33 bits per heavy atom. The molecule has 0 aliphatic heterocycles. The Morgan fingerprint density at radius 1 is 1.50 bits per heavy atom. The van der Waals surface area contributed by atoms with Crippen LogP contribution in [0.3, 0.4) is 0 Å². The van der Waals surface area contributed by atoms with E-state index in [2.05, 4.69) is 21.4 Å². The molecule has 0 aliphatic carbocycles. The second-order valence-corrected chi connectivity index (χ2v) is 4.41. The van der Waals surface area contributed by atoms with Crippen molar-refractivity contribution >= 4 is 27.9 Å². The first kappa shape index (κ1) is 12.1. The molecule has 0 bridgehead atoms. The Labute approximate surface area is 109 Å². The minimum Gasteiger partial charge on any atom is -0.401 e. The first-order chi connectivity index (χ1) is 8.70. The Morgan fingerprint density at radius 3 is 2.94 bits per heavy atom. The van der Waals surface area contributed by atoms with Crippen LogP contribution in [-0.4, -0.2) is 9.97 Å². The summed E-state index contributed by atoms with van der Waals surface area (Å²) in [6.45, 7) is 1.68. The highest BCUT2D eigenvalue weighted by Crippen LogP contribution is 2.24. The van der Waals surface area contributed by atoms with E-state index in [0.29, 0.717) is 27.9 Å². The number of rotatable bonds is 3. The number of aromatic nitrogens is 2. The Kier molecular flexibility index (Phi) is 3.55. The summed E-state index contributed by atoms with van der Waals surface area (Å²) in [5, 5.41) is 14.5. The monoisotopic (exact) mass is 257 g/mol. The third-order valence-corrected chi connectivity index (χ3v) is 2.92. The second-order valence-electron chi connectivity index (χ2n) is 3.55. The van der Waals surface area contributed by atoms with Crippen molar-refractivity contribution in [1.29, 1.82) is 5.26 Å². The molecule has 6 heteroatoms. The van der Waals surface area contributed by atoms with Crippen LogP contribution in [0.4, 0.5) is 10.9 Å². The Hall–Kier alpha value is -2.39. The highest BCUT2D eigenvalue weighted by molar-refractivity contribution is 7.13. The van der Waals surface area contributed by atoms with Crippen molar-refractivity contribution in [2.45, 2.75) is 6.92 Å². The number of nitrogens with zero attached hydrogens (tertiary/aromatic N) is 3. The average molecular weight is 257 g/mol. The maximum absolute atomic E-state index is 8.99. The third-order valence-electron chi connectivity index (χ3n) is 2.17. The molecule has 2 rings (SSSR count). The number of thiazole rings is 1. The molecule has 0 saturated carbocycles. The highest BCUT2D eigenvalue weighted by atomic mass is 32.1. The highest BCUT2D eigenvalue weighted by Gasteiger charge is 2.09. The van der Waals surface area contributed by atoms with Crippen LogP contribution in [0.15, 0.2) is 35.5 Å². The molecule has 5 nitrogen and oxygen atoms in total. The molecule has 0 fully saturated rings. The van der Waals surface area contributed by atoms with Gasteiger partial charge in [-0.25, -0.2) is 9.97 Å². The third kappa shape index (κ3) is 2.64. The maximum atomic E-state index is 8.99. The van der Waals surface area contributed by atoms with Gasteiger partial charge in [0.25, 0.3) is 0 Å². The first-order valence-corrected chi connectivity index (χ1v) is 6.09. The van der Waals surface area contributed by atoms with E-state index in [-0.39, 0.29) is 0 Å². The van der Waals surface area contributed by atoms with E-state index < -0.39 is 0 Å². The summed E-state index contributed by atoms with van der Waals surface area (Å²) in [7, 11) is 0. The summed E-state index contributed by atoms with van der Waals surface area (Å²) in [4.78, 5) is 8.44. The molecule has 0 unspecified atom stereocenters. The van der Waals surface area contributed by atoms with Crippen LogP contribution in [0.1, 0.15) is 12.6 Å². The van der Waals surface area contributed by atoms with Crippen LogP contribution >= 0.6 is 11.3 Å². The van der Waals surface area contributed by atoms with E-state index >= 15 is 0 Å². The second kappa shape index (κ2) is 5.29. The standard InChI is InChI=1S/C12H11N5S/c1-8(14)9(6-13)10-7-18-12(16-10)17-11-4-2-3-5-15-11/h2-5,7H,14H2,1H3,(H,15,16,17). The van der Waals surface area contributed by atoms with Crippen molar-refractivity contribution < 1.29 is 0 Å². The van der Waals surface area contributed by atoms with Gasteiger partial charge in [0.1, 0.15) is 11.9 Å². The number of hydrogen-bond acceptors (Lipinski definition) is 6. The lowest BCUT2D eigenvalue weighted by Gasteiger charge is -1.99. The number of pyridine rings is 1. The minimum atomic E-state index is 0.403. The van der Waals surface area contributed by atoms with Crippen molar-refractivity contribution in [3.63, 3.8) is 0 Å². The number of nitriles is 1. The zero-order valence-corrected chi connectivity index (χ0v) is 10.5. The predicted octanol–water partition coefficient (Wildman–Crippen LogP) is 2.49. The molecular weight excluding hydrogens is 246 g/mol. The molecule has 2 heterocycles. The molecule has 0 amide bonds. The van der Waals surface area contributed by atoms with Crippen LogP contribution in [0.25, 0.3) is 5.57 Å². The summed E-state index contributed by atoms with van der Waals surface area (Å²) in [6.07, 6.45) is 1.70. The fourth-order valence-corrected chi connectivity index (χ4v) is 2.05. The van der Waals surface area contributed by atoms with Crippen LogP contribution in [-0.2, 0) is 0 Å². The number of anilines is 2. The summed E-state index contributed by atoms with van der Waals surface area (Å²) in [5.41, 5.74) is 7.08. The molecule has 90 valence electrons. The number of nitrogens with one attached hydrogen (secondary N) is 1. The first-order valence-electron chi connectivity index (χ1n) is 5.21. The van der Waals surface area contributed by atoms with Crippen LogP contribution in [0, 0.1) is 11.3 Å². The van der Waals surface area contributed by atoms with Gasteiger partial charge in [0, 0.05) is 17.3 Å². The van der Waals surface area contributed by atoms with Crippen LogP contribution in [0.2, 0.25) is 0 Å². The van der Waals surface area contributed by atoms with Crippen molar-refractivity contribution in [3.8, 4) is 6.07 Å². The van der Waals surface area contributed by atoms with Gasteiger partial charge in [-0.15, -0.1) is 11.3 Å². The van der Waals surface area contributed by atoms with E-state index in [0.717, 1.165) is 0 Å². The lowest BCUT2D eigenvalue weighted by molar-refractivity contribution is 1.26. The fraction of sp³-hybridized carbons (Fsp3) is 0.0833. The zero-order chi connectivity index (χ0) is 13.0. The van der Waals surface area contributed by atoms with Crippen molar-refractivity contribution in [1.82, 2.24) is 9.97 Å². The molecule has 3 N–H and O–H groups in total. The van der Waals surface area contributed by atoms with E-state index in [1.807, 2.05) is 18.2 Å². The van der Waals surface area contributed by atoms with Gasteiger partial charge in [0.15, 0.2) is 5.13 Å². The molecule has 2 aromatic rings. The van der Waals surface area contributed by atoms with Crippen LogP contribution < -0.4 is 11.1 Å². The smallest absolute Gasteiger partial charge is 0.188 e. The zero-order valence-electron chi connectivity index (χ0n) is 9.71. The Balaban J connectivity index is 2.22.